The lowest BCUT2D eigenvalue weighted by Gasteiger charge is -2.32. The number of anilines is 1. The fourth-order valence-corrected chi connectivity index (χ4v) is 2.85. The lowest BCUT2D eigenvalue weighted by molar-refractivity contribution is 0.183. The smallest absolute Gasteiger partial charge is 0.122 e. The molecule has 2 aromatic rings. The summed E-state index contributed by atoms with van der Waals surface area (Å²) in [6, 6.07) is 8.97. The Labute approximate surface area is 112 Å². The predicted octanol–water partition coefficient (Wildman–Crippen LogP) is 2.88. The molecular formula is C15H19N3O. The quantitative estimate of drug-likeness (QED) is 0.888. The van der Waals surface area contributed by atoms with E-state index in [1.165, 1.54) is 12.8 Å². The summed E-state index contributed by atoms with van der Waals surface area (Å²) < 4.78 is 1.88. The predicted molar refractivity (Wildman–Crippen MR) is 75.6 cm³/mol. The molecule has 1 fully saturated rings. The number of phenols is 1. The number of aromatic hydroxyl groups is 1. The van der Waals surface area contributed by atoms with Crippen molar-refractivity contribution < 1.29 is 5.11 Å². The summed E-state index contributed by atoms with van der Waals surface area (Å²) in [5, 5.41) is 14.1. The molecule has 0 atom stereocenters. The molecule has 1 aromatic heterocycles. The first-order valence-electron chi connectivity index (χ1n) is 6.74. The number of nitrogen functional groups attached to an aromatic ring is 1. The first kappa shape index (κ1) is 12.1. The summed E-state index contributed by atoms with van der Waals surface area (Å²) >= 11 is 0. The zero-order chi connectivity index (χ0) is 13.4. The Kier molecular flexibility index (Phi) is 2.93. The van der Waals surface area contributed by atoms with E-state index in [-0.39, 0.29) is 5.75 Å². The van der Waals surface area contributed by atoms with Crippen LogP contribution in [0.3, 0.4) is 0 Å². The number of hydrogen-bond donors (Lipinski definition) is 2. The van der Waals surface area contributed by atoms with E-state index in [1.807, 2.05) is 22.9 Å². The fourth-order valence-electron chi connectivity index (χ4n) is 2.85. The Morgan fingerprint density at radius 2 is 2.16 bits per heavy atom. The molecule has 0 spiro atoms. The van der Waals surface area contributed by atoms with Crippen molar-refractivity contribution in [3.05, 3.63) is 30.3 Å². The van der Waals surface area contributed by atoms with Crippen LogP contribution in [0.15, 0.2) is 30.3 Å². The highest BCUT2D eigenvalue weighted by Gasteiger charge is 2.26. The summed E-state index contributed by atoms with van der Waals surface area (Å²) in [5.74, 6) is 2.48. The van der Waals surface area contributed by atoms with Gasteiger partial charge >= 0.3 is 0 Å². The molecule has 1 aromatic carbocycles. The molecule has 1 aliphatic carbocycles. The van der Waals surface area contributed by atoms with Gasteiger partial charge in [0.05, 0.1) is 5.69 Å². The molecule has 100 valence electrons. The minimum Gasteiger partial charge on any atom is -0.508 e. The van der Waals surface area contributed by atoms with E-state index < -0.39 is 0 Å². The summed E-state index contributed by atoms with van der Waals surface area (Å²) in [6.07, 6.45) is 2.53. The highest BCUT2D eigenvalue weighted by atomic mass is 16.3. The van der Waals surface area contributed by atoms with Gasteiger partial charge in [-0.2, -0.15) is 5.10 Å². The van der Waals surface area contributed by atoms with Crippen molar-refractivity contribution >= 4 is 5.82 Å². The Morgan fingerprint density at radius 1 is 1.37 bits per heavy atom. The topological polar surface area (TPSA) is 64.1 Å². The van der Waals surface area contributed by atoms with Gasteiger partial charge in [-0.15, -0.1) is 0 Å². The number of rotatable bonds is 3. The van der Waals surface area contributed by atoms with Crippen molar-refractivity contribution in [2.45, 2.75) is 26.3 Å². The van der Waals surface area contributed by atoms with Gasteiger partial charge in [-0.25, -0.2) is 4.68 Å². The average molecular weight is 257 g/mol. The minimum atomic E-state index is 0.249. The van der Waals surface area contributed by atoms with E-state index in [1.54, 1.807) is 12.1 Å². The van der Waals surface area contributed by atoms with E-state index in [0.717, 1.165) is 23.7 Å². The maximum atomic E-state index is 9.51. The number of aromatic nitrogens is 2. The number of nitrogens with two attached hydrogens (primary N) is 1. The molecule has 1 saturated carbocycles. The Morgan fingerprint density at radius 3 is 2.84 bits per heavy atom. The van der Waals surface area contributed by atoms with Gasteiger partial charge in [0.25, 0.3) is 0 Å². The van der Waals surface area contributed by atoms with Crippen LogP contribution in [0.25, 0.3) is 11.3 Å². The lowest BCUT2D eigenvalue weighted by Crippen LogP contribution is -2.26. The zero-order valence-corrected chi connectivity index (χ0v) is 11.1. The second-order valence-corrected chi connectivity index (χ2v) is 5.63. The largest absolute Gasteiger partial charge is 0.508 e. The second kappa shape index (κ2) is 4.61. The molecule has 0 amide bonds. The second-order valence-electron chi connectivity index (χ2n) is 5.63. The third-order valence-electron chi connectivity index (χ3n) is 3.86. The molecule has 3 rings (SSSR count). The van der Waals surface area contributed by atoms with Gasteiger partial charge in [0.15, 0.2) is 0 Å². The average Bonchev–Trinajstić information content (AvgIpc) is 2.69. The molecule has 4 heteroatoms. The van der Waals surface area contributed by atoms with Gasteiger partial charge in [-0.3, -0.25) is 0 Å². The van der Waals surface area contributed by atoms with Crippen molar-refractivity contribution in [3.8, 4) is 17.0 Å². The van der Waals surface area contributed by atoms with Crippen LogP contribution in [0, 0.1) is 11.8 Å². The van der Waals surface area contributed by atoms with Crippen molar-refractivity contribution in [1.82, 2.24) is 9.78 Å². The van der Waals surface area contributed by atoms with Crippen LogP contribution in [0.4, 0.5) is 5.82 Å². The van der Waals surface area contributed by atoms with Crippen molar-refractivity contribution in [2.75, 3.05) is 5.73 Å². The Hall–Kier alpha value is -1.97. The monoisotopic (exact) mass is 257 g/mol. The van der Waals surface area contributed by atoms with Crippen molar-refractivity contribution in [2.24, 2.45) is 11.8 Å². The van der Waals surface area contributed by atoms with Crippen LogP contribution in [-0.2, 0) is 6.54 Å². The van der Waals surface area contributed by atoms with Crippen LogP contribution >= 0.6 is 0 Å². The summed E-state index contributed by atoms with van der Waals surface area (Å²) in [6.45, 7) is 3.18. The lowest BCUT2D eigenvalue weighted by atomic mass is 9.76. The SMILES string of the molecule is CC1CC(Cn2nc(-c3cccc(O)c3)cc2N)C1. The summed E-state index contributed by atoms with van der Waals surface area (Å²) in [7, 11) is 0. The molecule has 0 aliphatic heterocycles. The van der Waals surface area contributed by atoms with E-state index in [9.17, 15) is 5.11 Å². The van der Waals surface area contributed by atoms with Crippen LogP contribution in [0.1, 0.15) is 19.8 Å². The fraction of sp³-hybridized carbons (Fsp3) is 0.400. The van der Waals surface area contributed by atoms with Gasteiger partial charge in [0, 0.05) is 18.2 Å². The van der Waals surface area contributed by atoms with Crippen LogP contribution < -0.4 is 5.73 Å². The third-order valence-corrected chi connectivity index (χ3v) is 3.86. The molecular weight excluding hydrogens is 238 g/mol. The standard InChI is InChI=1S/C15H19N3O/c1-10-5-11(6-10)9-18-15(16)8-14(17-18)12-3-2-4-13(19)7-12/h2-4,7-8,10-11,19H,5-6,9,16H2,1H3. The van der Waals surface area contributed by atoms with Crippen molar-refractivity contribution in [3.63, 3.8) is 0 Å². The van der Waals surface area contributed by atoms with Gasteiger partial charge in [0.2, 0.25) is 0 Å². The molecule has 0 bridgehead atoms. The number of phenolic OH excluding ortho intramolecular Hbond substituents is 1. The van der Waals surface area contributed by atoms with Gasteiger partial charge in [-0.05, 0) is 36.8 Å². The third kappa shape index (κ3) is 2.43. The molecule has 0 unspecified atom stereocenters. The van der Waals surface area contributed by atoms with E-state index in [4.69, 9.17) is 5.73 Å². The molecule has 19 heavy (non-hydrogen) atoms. The molecule has 0 saturated heterocycles. The van der Waals surface area contributed by atoms with Crippen LogP contribution in [0.2, 0.25) is 0 Å². The normalized spacial score (nSPS) is 22.2. The summed E-state index contributed by atoms with van der Waals surface area (Å²) in [4.78, 5) is 0. The van der Waals surface area contributed by atoms with Crippen LogP contribution in [0.5, 0.6) is 5.75 Å². The molecule has 3 N–H and O–H groups in total. The summed E-state index contributed by atoms with van der Waals surface area (Å²) in [5.41, 5.74) is 7.73. The first-order chi connectivity index (χ1) is 9.11. The Bertz CT molecular complexity index is 585. The highest BCUT2D eigenvalue weighted by Crippen LogP contribution is 2.35. The van der Waals surface area contributed by atoms with Gasteiger partial charge in [0.1, 0.15) is 11.6 Å². The molecule has 4 nitrogen and oxygen atoms in total. The van der Waals surface area contributed by atoms with Crippen molar-refractivity contribution in [1.29, 1.82) is 0 Å². The first-order valence-corrected chi connectivity index (χ1v) is 6.74. The number of nitrogens with zero attached hydrogens (tertiary/aromatic N) is 2. The minimum absolute atomic E-state index is 0.249. The number of benzene rings is 1. The maximum absolute atomic E-state index is 9.51. The van der Waals surface area contributed by atoms with Gasteiger partial charge in [-0.1, -0.05) is 19.1 Å². The van der Waals surface area contributed by atoms with E-state index in [2.05, 4.69) is 12.0 Å². The molecule has 1 aliphatic rings. The van der Waals surface area contributed by atoms with Gasteiger partial charge < -0.3 is 10.8 Å². The molecule has 1 heterocycles. The van der Waals surface area contributed by atoms with E-state index in [0.29, 0.717) is 11.7 Å². The highest BCUT2D eigenvalue weighted by molar-refractivity contribution is 5.63. The zero-order valence-electron chi connectivity index (χ0n) is 11.1. The molecule has 0 radical (unpaired) electrons. The van der Waals surface area contributed by atoms with Crippen LogP contribution in [-0.4, -0.2) is 14.9 Å². The number of hydrogen-bond acceptors (Lipinski definition) is 3. The van der Waals surface area contributed by atoms with E-state index >= 15 is 0 Å². The maximum Gasteiger partial charge on any atom is 0.122 e. The Balaban J connectivity index is 1.81.